The number of anilines is 1. The molecule has 0 bridgehead atoms. The monoisotopic (exact) mass is 297 g/mol. The summed E-state index contributed by atoms with van der Waals surface area (Å²) in [4.78, 5) is 16.4. The third kappa shape index (κ3) is 2.83. The lowest BCUT2D eigenvalue weighted by molar-refractivity contribution is -0.116. The van der Waals surface area contributed by atoms with Gasteiger partial charge in [-0.05, 0) is 61.4 Å². The Morgan fingerprint density at radius 3 is 2.59 bits per heavy atom. The lowest BCUT2D eigenvalue weighted by atomic mass is 10.1. The molecule has 0 spiro atoms. The molecule has 0 aliphatic rings. The van der Waals surface area contributed by atoms with Crippen molar-refractivity contribution in [2.75, 3.05) is 5.32 Å². The van der Waals surface area contributed by atoms with Gasteiger partial charge >= 0.3 is 0 Å². The van der Waals surface area contributed by atoms with Gasteiger partial charge in [0.25, 0.3) is 0 Å². The van der Waals surface area contributed by atoms with Crippen LogP contribution in [0.4, 0.5) is 10.1 Å². The van der Waals surface area contributed by atoms with Crippen LogP contribution in [0.25, 0.3) is 11.0 Å². The van der Waals surface area contributed by atoms with Crippen molar-refractivity contribution >= 4 is 22.6 Å². The smallest absolute Gasteiger partial charge is 0.244 e. The number of benzene rings is 2. The Bertz CT molecular complexity index is 837. The zero-order chi connectivity index (χ0) is 15.7. The standard InChI is InChI=1S/C17H16FN3O/c1-11-7-15-16(8-12(11)2)21(10-19-15)9-17(22)20-14-5-3-13(18)4-6-14/h3-8,10H,9H2,1-2H3,(H,20,22). The van der Waals surface area contributed by atoms with Crippen LogP contribution in [0.5, 0.6) is 0 Å². The highest BCUT2D eigenvalue weighted by Crippen LogP contribution is 2.18. The number of carbonyl (C=O) groups is 1. The van der Waals surface area contributed by atoms with Gasteiger partial charge in [-0.2, -0.15) is 0 Å². The molecule has 1 amide bonds. The quantitative estimate of drug-likeness (QED) is 0.805. The van der Waals surface area contributed by atoms with Gasteiger partial charge in [-0.3, -0.25) is 4.79 Å². The SMILES string of the molecule is Cc1cc2ncn(CC(=O)Nc3ccc(F)cc3)c2cc1C. The van der Waals surface area contributed by atoms with Crippen LogP contribution in [-0.4, -0.2) is 15.5 Å². The highest BCUT2D eigenvalue weighted by molar-refractivity contribution is 5.91. The number of aromatic nitrogens is 2. The van der Waals surface area contributed by atoms with Gasteiger partial charge in [-0.25, -0.2) is 9.37 Å². The Morgan fingerprint density at radius 2 is 1.86 bits per heavy atom. The van der Waals surface area contributed by atoms with E-state index in [1.165, 1.54) is 29.8 Å². The molecule has 0 fully saturated rings. The normalized spacial score (nSPS) is 10.9. The van der Waals surface area contributed by atoms with E-state index in [1.807, 2.05) is 26.0 Å². The number of halogens is 1. The second kappa shape index (κ2) is 5.60. The molecule has 1 heterocycles. The number of fused-ring (bicyclic) bond motifs is 1. The fourth-order valence-electron chi connectivity index (χ4n) is 2.33. The molecule has 4 nitrogen and oxygen atoms in total. The average Bonchev–Trinajstić information content (AvgIpc) is 2.84. The predicted octanol–water partition coefficient (Wildman–Crippen LogP) is 3.43. The minimum absolute atomic E-state index is 0.163. The Morgan fingerprint density at radius 1 is 1.18 bits per heavy atom. The molecule has 22 heavy (non-hydrogen) atoms. The van der Waals surface area contributed by atoms with Crippen molar-refractivity contribution in [2.24, 2.45) is 0 Å². The lowest BCUT2D eigenvalue weighted by Gasteiger charge is -2.07. The van der Waals surface area contributed by atoms with Crippen LogP contribution in [0, 0.1) is 19.7 Å². The first kappa shape index (κ1) is 14.3. The van der Waals surface area contributed by atoms with Gasteiger partial charge in [0.2, 0.25) is 5.91 Å². The number of nitrogens with zero attached hydrogens (tertiary/aromatic N) is 2. The van der Waals surface area contributed by atoms with Crippen LogP contribution in [-0.2, 0) is 11.3 Å². The van der Waals surface area contributed by atoms with Gasteiger partial charge < -0.3 is 9.88 Å². The van der Waals surface area contributed by atoms with Crippen molar-refractivity contribution in [1.82, 2.24) is 9.55 Å². The first-order valence-corrected chi connectivity index (χ1v) is 7.00. The summed E-state index contributed by atoms with van der Waals surface area (Å²) in [5.41, 5.74) is 4.71. The number of carbonyl (C=O) groups excluding carboxylic acids is 1. The Balaban J connectivity index is 1.79. The number of hydrogen-bond donors (Lipinski definition) is 1. The molecule has 0 saturated heterocycles. The fourth-order valence-corrected chi connectivity index (χ4v) is 2.33. The number of rotatable bonds is 3. The fraction of sp³-hybridized carbons (Fsp3) is 0.176. The number of imidazole rings is 1. The van der Waals surface area contributed by atoms with E-state index in [0.29, 0.717) is 5.69 Å². The first-order valence-electron chi connectivity index (χ1n) is 7.00. The van der Waals surface area contributed by atoms with Crippen molar-refractivity contribution in [2.45, 2.75) is 20.4 Å². The van der Waals surface area contributed by atoms with Gasteiger partial charge in [0, 0.05) is 5.69 Å². The van der Waals surface area contributed by atoms with E-state index in [2.05, 4.69) is 10.3 Å². The van der Waals surface area contributed by atoms with Crippen LogP contribution in [0.1, 0.15) is 11.1 Å². The summed E-state index contributed by atoms with van der Waals surface area (Å²) in [5.74, 6) is -0.506. The molecular formula is C17H16FN3O. The zero-order valence-electron chi connectivity index (χ0n) is 12.4. The van der Waals surface area contributed by atoms with E-state index >= 15 is 0 Å². The number of nitrogens with one attached hydrogen (secondary N) is 1. The zero-order valence-corrected chi connectivity index (χ0v) is 12.4. The molecule has 0 aliphatic carbocycles. The molecule has 0 atom stereocenters. The van der Waals surface area contributed by atoms with Gasteiger partial charge in [0.1, 0.15) is 12.4 Å². The van der Waals surface area contributed by atoms with Crippen molar-refractivity contribution in [3.8, 4) is 0 Å². The van der Waals surface area contributed by atoms with Crippen LogP contribution in [0.2, 0.25) is 0 Å². The second-order valence-electron chi connectivity index (χ2n) is 5.35. The molecule has 2 aromatic carbocycles. The van der Waals surface area contributed by atoms with E-state index in [9.17, 15) is 9.18 Å². The summed E-state index contributed by atoms with van der Waals surface area (Å²) in [6.07, 6.45) is 1.66. The van der Waals surface area contributed by atoms with Crippen LogP contribution in [0.3, 0.4) is 0 Å². The van der Waals surface area contributed by atoms with Crippen LogP contribution < -0.4 is 5.32 Å². The third-order valence-corrected chi connectivity index (χ3v) is 3.68. The van der Waals surface area contributed by atoms with Gasteiger partial charge in [0.05, 0.1) is 17.4 Å². The molecule has 3 rings (SSSR count). The van der Waals surface area contributed by atoms with Crippen molar-refractivity contribution < 1.29 is 9.18 Å². The Hall–Kier alpha value is -2.69. The van der Waals surface area contributed by atoms with Crippen LogP contribution >= 0.6 is 0 Å². The Labute approximate surface area is 127 Å². The number of amides is 1. The van der Waals surface area contributed by atoms with E-state index in [0.717, 1.165) is 16.6 Å². The molecule has 0 radical (unpaired) electrons. The van der Waals surface area contributed by atoms with Crippen molar-refractivity contribution in [3.05, 3.63) is 59.7 Å². The molecule has 5 heteroatoms. The van der Waals surface area contributed by atoms with Crippen LogP contribution in [0.15, 0.2) is 42.7 Å². The van der Waals surface area contributed by atoms with Crippen molar-refractivity contribution in [1.29, 1.82) is 0 Å². The van der Waals surface area contributed by atoms with E-state index in [4.69, 9.17) is 0 Å². The molecule has 0 aliphatic heterocycles. The maximum absolute atomic E-state index is 12.8. The summed E-state index contributed by atoms with van der Waals surface area (Å²) in [7, 11) is 0. The summed E-state index contributed by atoms with van der Waals surface area (Å²) >= 11 is 0. The predicted molar refractivity (Wildman–Crippen MR) is 84.2 cm³/mol. The third-order valence-electron chi connectivity index (χ3n) is 3.68. The molecular weight excluding hydrogens is 281 g/mol. The minimum Gasteiger partial charge on any atom is -0.325 e. The molecule has 0 unspecified atom stereocenters. The number of hydrogen-bond acceptors (Lipinski definition) is 2. The summed E-state index contributed by atoms with van der Waals surface area (Å²) < 4.78 is 14.7. The van der Waals surface area contributed by atoms with Crippen molar-refractivity contribution in [3.63, 3.8) is 0 Å². The number of aryl methyl sites for hydroxylation is 2. The van der Waals surface area contributed by atoms with Gasteiger partial charge in [-0.15, -0.1) is 0 Å². The van der Waals surface area contributed by atoms with E-state index in [1.54, 1.807) is 10.9 Å². The topological polar surface area (TPSA) is 46.9 Å². The molecule has 1 N–H and O–H groups in total. The largest absolute Gasteiger partial charge is 0.325 e. The van der Waals surface area contributed by atoms with Gasteiger partial charge in [-0.1, -0.05) is 0 Å². The van der Waals surface area contributed by atoms with Gasteiger partial charge in [0.15, 0.2) is 0 Å². The summed E-state index contributed by atoms with van der Waals surface area (Å²) in [6.45, 7) is 4.23. The van der Waals surface area contributed by atoms with E-state index in [-0.39, 0.29) is 18.3 Å². The first-order chi connectivity index (χ1) is 10.5. The maximum atomic E-state index is 12.8. The van der Waals surface area contributed by atoms with E-state index < -0.39 is 0 Å². The molecule has 1 aromatic heterocycles. The highest BCUT2D eigenvalue weighted by atomic mass is 19.1. The summed E-state index contributed by atoms with van der Waals surface area (Å²) in [5, 5.41) is 2.74. The highest BCUT2D eigenvalue weighted by Gasteiger charge is 2.09. The summed E-state index contributed by atoms with van der Waals surface area (Å²) in [6, 6.07) is 9.74. The molecule has 112 valence electrons. The maximum Gasteiger partial charge on any atom is 0.244 e. The second-order valence-corrected chi connectivity index (χ2v) is 5.35. The minimum atomic E-state index is -0.329. The Kier molecular flexibility index (Phi) is 3.63. The average molecular weight is 297 g/mol. The molecule has 0 saturated carbocycles. The molecule has 3 aromatic rings. The lowest BCUT2D eigenvalue weighted by Crippen LogP contribution is -2.18.